The topological polar surface area (TPSA) is 64.9 Å². The molecule has 0 radical (unpaired) electrons. The molecule has 0 amide bonds. The Labute approximate surface area is 92.3 Å². The van der Waals surface area contributed by atoms with Crippen LogP contribution in [0.15, 0.2) is 22.7 Å². The Balaban J connectivity index is 2.38. The molecule has 2 aromatic rings. The maximum absolute atomic E-state index is 13.5. The molecular weight excluding hydrogens is 209 g/mol. The van der Waals surface area contributed by atoms with Crippen molar-refractivity contribution in [2.75, 3.05) is 5.73 Å². The minimum Gasteiger partial charge on any atom is -0.399 e. The molecular formula is C11H12FN3O. The van der Waals surface area contributed by atoms with E-state index in [0.717, 1.165) is 6.42 Å². The molecule has 0 spiro atoms. The van der Waals surface area contributed by atoms with Crippen LogP contribution in [-0.4, -0.2) is 10.1 Å². The SMILES string of the molecule is CCCc1noc(-c2cc(N)ccc2F)n1. The minimum absolute atomic E-state index is 0.174. The van der Waals surface area contributed by atoms with Gasteiger partial charge in [0.2, 0.25) is 0 Å². The summed E-state index contributed by atoms with van der Waals surface area (Å²) in [6.45, 7) is 2.01. The zero-order valence-corrected chi connectivity index (χ0v) is 8.90. The summed E-state index contributed by atoms with van der Waals surface area (Å²) in [5.74, 6) is 0.341. The fourth-order valence-electron chi connectivity index (χ4n) is 1.40. The molecule has 0 unspecified atom stereocenters. The molecule has 0 bridgehead atoms. The van der Waals surface area contributed by atoms with Gasteiger partial charge < -0.3 is 10.3 Å². The molecule has 1 aromatic heterocycles. The summed E-state index contributed by atoms with van der Waals surface area (Å²) < 4.78 is 18.4. The first-order valence-corrected chi connectivity index (χ1v) is 5.08. The van der Waals surface area contributed by atoms with Crippen LogP contribution < -0.4 is 5.73 Å². The first kappa shape index (κ1) is 10.6. The molecule has 0 saturated heterocycles. The highest BCUT2D eigenvalue weighted by atomic mass is 19.1. The second-order valence-corrected chi connectivity index (χ2v) is 3.51. The van der Waals surface area contributed by atoms with Crippen molar-refractivity contribution in [2.24, 2.45) is 0 Å². The van der Waals surface area contributed by atoms with Crippen LogP contribution in [0.5, 0.6) is 0 Å². The molecule has 2 rings (SSSR count). The predicted molar refractivity (Wildman–Crippen MR) is 58.1 cm³/mol. The predicted octanol–water partition coefficient (Wildman–Crippen LogP) is 2.41. The highest BCUT2D eigenvalue weighted by molar-refractivity contribution is 5.60. The van der Waals surface area contributed by atoms with E-state index in [1.165, 1.54) is 18.2 Å². The van der Waals surface area contributed by atoms with Crippen molar-refractivity contribution < 1.29 is 8.91 Å². The van der Waals surface area contributed by atoms with E-state index in [1.54, 1.807) is 0 Å². The molecule has 5 heteroatoms. The van der Waals surface area contributed by atoms with E-state index in [1.807, 2.05) is 6.92 Å². The average molecular weight is 221 g/mol. The molecule has 4 nitrogen and oxygen atoms in total. The molecule has 1 aromatic carbocycles. The third-order valence-electron chi connectivity index (χ3n) is 2.16. The second kappa shape index (κ2) is 4.30. The van der Waals surface area contributed by atoms with Gasteiger partial charge >= 0.3 is 0 Å². The molecule has 0 fully saturated rings. The summed E-state index contributed by atoms with van der Waals surface area (Å²) >= 11 is 0. The molecule has 16 heavy (non-hydrogen) atoms. The number of hydrogen-bond acceptors (Lipinski definition) is 4. The van der Waals surface area contributed by atoms with Gasteiger partial charge in [-0.3, -0.25) is 0 Å². The van der Waals surface area contributed by atoms with Crippen LogP contribution in [0.3, 0.4) is 0 Å². The number of benzene rings is 1. The molecule has 0 aliphatic rings. The minimum atomic E-state index is -0.416. The zero-order chi connectivity index (χ0) is 11.5. The Bertz CT molecular complexity index is 496. The zero-order valence-electron chi connectivity index (χ0n) is 8.90. The summed E-state index contributed by atoms with van der Waals surface area (Å²) in [6, 6.07) is 4.26. The Morgan fingerprint density at radius 1 is 1.44 bits per heavy atom. The third kappa shape index (κ3) is 2.03. The largest absolute Gasteiger partial charge is 0.399 e. The van der Waals surface area contributed by atoms with E-state index in [-0.39, 0.29) is 11.5 Å². The van der Waals surface area contributed by atoms with Crippen molar-refractivity contribution in [3.8, 4) is 11.5 Å². The summed E-state index contributed by atoms with van der Waals surface area (Å²) in [5, 5.41) is 3.76. The van der Waals surface area contributed by atoms with E-state index in [4.69, 9.17) is 10.3 Å². The fourth-order valence-corrected chi connectivity index (χ4v) is 1.40. The fraction of sp³-hybridized carbons (Fsp3) is 0.273. The van der Waals surface area contributed by atoms with Gasteiger partial charge in [0.05, 0.1) is 5.56 Å². The Hall–Kier alpha value is -1.91. The number of rotatable bonds is 3. The van der Waals surface area contributed by atoms with E-state index in [9.17, 15) is 4.39 Å². The molecule has 2 N–H and O–H groups in total. The number of hydrogen-bond donors (Lipinski definition) is 1. The number of anilines is 1. The molecule has 0 aliphatic heterocycles. The number of nitrogens with zero attached hydrogens (tertiary/aromatic N) is 2. The average Bonchev–Trinajstić information content (AvgIpc) is 2.71. The Morgan fingerprint density at radius 2 is 2.25 bits per heavy atom. The van der Waals surface area contributed by atoms with Crippen molar-refractivity contribution in [3.05, 3.63) is 29.8 Å². The maximum atomic E-state index is 13.5. The van der Waals surface area contributed by atoms with Crippen molar-refractivity contribution in [1.82, 2.24) is 10.1 Å². The van der Waals surface area contributed by atoms with Crippen LogP contribution in [0.25, 0.3) is 11.5 Å². The van der Waals surface area contributed by atoms with Gasteiger partial charge in [0.15, 0.2) is 5.82 Å². The lowest BCUT2D eigenvalue weighted by Crippen LogP contribution is -1.90. The highest BCUT2D eigenvalue weighted by Gasteiger charge is 2.13. The first-order valence-electron chi connectivity index (χ1n) is 5.08. The number of aromatic nitrogens is 2. The number of nitrogens with two attached hydrogens (primary N) is 1. The lowest BCUT2D eigenvalue weighted by atomic mass is 10.2. The van der Waals surface area contributed by atoms with Crippen LogP contribution >= 0.6 is 0 Å². The Morgan fingerprint density at radius 3 is 3.00 bits per heavy atom. The summed E-state index contributed by atoms with van der Waals surface area (Å²) in [4.78, 5) is 4.10. The number of halogens is 1. The Kier molecular flexibility index (Phi) is 2.85. The summed E-state index contributed by atoms with van der Waals surface area (Å²) in [6.07, 6.45) is 1.63. The van der Waals surface area contributed by atoms with Crippen LogP contribution in [0.4, 0.5) is 10.1 Å². The first-order chi connectivity index (χ1) is 7.70. The number of nitrogen functional groups attached to an aromatic ring is 1. The van der Waals surface area contributed by atoms with Crippen molar-refractivity contribution in [2.45, 2.75) is 19.8 Å². The van der Waals surface area contributed by atoms with Gasteiger partial charge in [0, 0.05) is 12.1 Å². The normalized spacial score (nSPS) is 10.6. The summed E-state index contributed by atoms with van der Waals surface area (Å²) in [7, 11) is 0. The van der Waals surface area contributed by atoms with Crippen molar-refractivity contribution in [1.29, 1.82) is 0 Å². The van der Waals surface area contributed by atoms with Gasteiger partial charge in [-0.25, -0.2) is 4.39 Å². The lowest BCUT2D eigenvalue weighted by molar-refractivity contribution is 0.420. The number of aryl methyl sites for hydroxylation is 1. The highest BCUT2D eigenvalue weighted by Crippen LogP contribution is 2.23. The van der Waals surface area contributed by atoms with Crippen LogP contribution in [0.2, 0.25) is 0 Å². The van der Waals surface area contributed by atoms with Gasteiger partial charge in [-0.15, -0.1) is 0 Å². The van der Waals surface area contributed by atoms with E-state index in [2.05, 4.69) is 10.1 Å². The van der Waals surface area contributed by atoms with Gasteiger partial charge in [-0.1, -0.05) is 12.1 Å². The molecule has 84 valence electrons. The molecule has 0 saturated carbocycles. The van der Waals surface area contributed by atoms with E-state index >= 15 is 0 Å². The van der Waals surface area contributed by atoms with Gasteiger partial charge in [0.25, 0.3) is 5.89 Å². The van der Waals surface area contributed by atoms with Gasteiger partial charge in [0.1, 0.15) is 5.82 Å². The quantitative estimate of drug-likeness (QED) is 0.808. The third-order valence-corrected chi connectivity index (χ3v) is 2.16. The maximum Gasteiger partial charge on any atom is 0.260 e. The molecule has 0 atom stereocenters. The van der Waals surface area contributed by atoms with Gasteiger partial charge in [-0.2, -0.15) is 4.98 Å². The van der Waals surface area contributed by atoms with Crippen LogP contribution in [0.1, 0.15) is 19.2 Å². The van der Waals surface area contributed by atoms with Crippen molar-refractivity contribution in [3.63, 3.8) is 0 Å². The smallest absolute Gasteiger partial charge is 0.260 e. The standard InChI is InChI=1S/C11H12FN3O/c1-2-3-10-14-11(16-15-10)8-6-7(13)4-5-9(8)12/h4-6H,2-3,13H2,1H3. The van der Waals surface area contributed by atoms with E-state index in [0.29, 0.717) is 17.9 Å². The lowest BCUT2D eigenvalue weighted by Gasteiger charge is -1.98. The molecule has 1 heterocycles. The van der Waals surface area contributed by atoms with Crippen LogP contribution in [0, 0.1) is 5.82 Å². The monoisotopic (exact) mass is 221 g/mol. The molecule has 0 aliphatic carbocycles. The van der Waals surface area contributed by atoms with Crippen LogP contribution in [-0.2, 0) is 6.42 Å². The second-order valence-electron chi connectivity index (χ2n) is 3.51. The summed E-state index contributed by atoms with van der Waals surface area (Å²) in [5.41, 5.74) is 6.28. The van der Waals surface area contributed by atoms with Gasteiger partial charge in [-0.05, 0) is 24.6 Å². The van der Waals surface area contributed by atoms with E-state index < -0.39 is 5.82 Å². The van der Waals surface area contributed by atoms with Crippen molar-refractivity contribution >= 4 is 5.69 Å².